The van der Waals surface area contributed by atoms with E-state index in [9.17, 15) is 27.2 Å². The molecule has 0 aromatic heterocycles. The van der Waals surface area contributed by atoms with Crippen LogP contribution < -0.4 is 10.6 Å². The molecular weight excluding hydrogens is 376 g/mol. The Kier molecular flexibility index (Phi) is 5.39. The van der Waals surface area contributed by atoms with Crippen molar-refractivity contribution in [2.75, 3.05) is 10.6 Å². The van der Waals surface area contributed by atoms with Gasteiger partial charge in [0.15, 0.2) is 0 Å². The Balaban J connectivity index is 1.79. The third-order valence-electron chi connectivity index (χ3n) is 3.74. The maximum Gasteiger partial charge on any atom is 0.255 e. The molecule has 0 aliphatic carbocycles. The lowest BCUT2D eigenvalue weighted by atomic mass is 10.1. The topological polar surface area (TPSA) is 58.2 Å². The highest BCUT2D eigenvalue weighted by Gasteiger charge is 2.14. The van der Waals surface area contributed by atoms with Crippen molar-refractivity contribution in [3.8, 4) is 0 Å². The van der Waals surface area contributed by atoms with Crippen LogP contribution in [0.15, 0.2) is 60.7 Å². The van der Waals surface area contributed by atoms with Gasteiger partial charge in [0.25, 0.3) is 11.8 Å². The van der Waals surface area contributed by atoms with E-state index in [0.29, 0.717) is 0 Å². The van der Waals surface area contributed by atoms with Gasteiger partial charge in [-0.1, -0.05) is 6.07 Å². The van der Waals surface area contributed by atoms with Crippen LogP contribution in [0.5, 0.6) is 0 Å². The van der Waals surface area contributed by atoms with E-state index >= 15 is 0 Å². The lowest BCUT2D eigenvalue weighted by Gasteiger charge is -2.09. The van der Waals surface area contributed by atoms with Gasteiger partial charge in [-0.3, -0.25) is 9.59 Å². The summed E-state index contributed by atoms with van der Waals surface area (Å²) in [6.07, 6.45) is 0. The molecule has 0 atom stereocenters. The zero-order valence-electron chi connectivity index (χ0n) is 14.1. The van der Waals surface area contributed by atoms with Crippen LogP contribution in [0, 0.1) is 23.3 Å². The van der Waals surface area contributed by atoms with E-state index in [1.165, 1.54) is 24.3 Å². The molecule has 28 heavy (non-hydrogen) atoms. The van der Waals surface area contributed by atoms with Gasteiger partial charge in [0.05, 0.1) is 11.4 Å². The highest BCUT2D eigenvalue weighted by Crippen LogP contribution is 2.19. The minimum atomic E-state index is -0.828. The van der Waals surface area contributed by atoms with Gasteiger partial charge in [-0.2, -0.15) is 0 Å². The van der Waals surface area contributed by atoms with Crippen LogP contribution in [-0.4, -0.2) is 11.8 Å². The Labute approximate surface area is 156 Å². The minimum Gasteiger partial charge on any atom is -0.319 e. The van der Waals surface area contributed by atoms with Gasteiger partial charge in [0.2, 0.25) is 0 Å². The van der Waals surface area contributed by atoms with Gasteiger partial charge in [0.1, 0.15) is 23.3 Å². The summed E-state index contributed by atoms with van der Waals surface area (Å²) >= 11 is 0. The zero-order valence-corrected chi connectivity index (χ0v) is 14.1. The molecule has 0 aliphatic rings. The second-order valence-electron chi connectivity index (χ2n) is 5.74. The van der Waals surface area contributed by atoms with Crippen molar-refractivity contribution in [1.29, 1.82) is 0 Å². The summed E-state index contributed by atoms with van der Waals surface area (Å²) in [6, 6.07) is 10.4. The number of benzene rings is 3. The van der Waals surface area contributed by atoms with Crippen molar-refractivity contribution >= 4 is 23.2 Å². The van der Waals surface area contributed by atoms with Crippen LogP contribution >= 0.6 is 0 Å². The summed E-state index contributed by atoms with van der Waals surface area (Å²) in [5.74, 6) is -4.69. The zero-order chi connectivity index (χ0) is 20.3. The summed E-state index contributed by atoms with van der Waals surface area (Å²) < 4.78 is 53.7. The molecule has 0 fully saturated rings. The van der Waals surface area contributed by atoms with E-state index in [1.807, 2.05) is 0 Å². The number of amides is 2. The molecule has 3 rings (SSSR count). The molecule has 142 valence electrons. The SMILES string of the molecule is O=C(Nc1cc(F)ccc1F)c1cccc(C(=O)Nc2cc(F)ccc2F)c1. The van der Waals surface area contributed by atoms with Gasteiger partial charge < -0.3 is 10.6 Å². The first-order chi connectivity index (χ1) is 13.3. The standard InChI is InChI=1S/C20H12F4N2O2/c21-13-4-6-15(23)17(9-13)25-19(27)11-2-1-3-12(8-11)20(28)26-18-10-14(22)5-7-16(18)24/h1-10H,(H,25,27)(H,26,28). The van der Waals surface area contributed by atoms with Gasteiger partial charge in [-0.15, -0.1) is 0 Å². The number of hydrogen-bond donors (Lipinski definition) is 2. The number of rotatable bonds is 4. The molecule has 3 aromatic rings. The van der Waals surface area contributed by atoms with Crippen molar-refractivity contribution in [1.82, 2.24) is 0 Å². The first-order valence-electron chi connectivity index (χ1n) is 7.96. The predicted octanol–water partition coefficient (Wildman–Crippen LogP) is 4.75. The maximum absolute atomic E-state index is 13.7. The van der Waals surface area contributed by atoms with Crippen LogP contribution in [-0.2, 0) is 0 Å². The largest absolute Gasteiger partial charge is 0.319 e. The summed E-state index contributed by atoms with van der Waals surface area (Å²) in [5.41, 5.74) is -0.754. The molecule has 0 radical (unpaired) electrons. The Bertz CT molecular complexity index is 989. The smallest absolute Gasteiger partial charge is 0.255 e. The normalized spacial score (nSPS) is 10.4. The van der Waals surface area contributed by atoms with Crippen LogP contribution in [0.25, 0.3) is 0 Å². The molecule has 0 bridgehead atoms. The minimum absolute atomic E-state index is 0.0176. The van der Waals surface area contributed by atoms with Gasteiger partial charge in [-0.25, -0.2) is 17.6 Å². The van der Waals surface area contributed by atoms with E-state index in [4.69, 9.17) is 0 Å². The van der Waals surface area contributed by atoms with Crippen molar-refractivity contribution < 1.29 is 27.2 Å². The fraction of sp³-hybridized carbons (Fsp3) is 0. The second-order valence-corrected chi connectivity index (χ2v) is 5.74. The quantitative estimate of drug-likeness (QED) is 0.634. The molecule has 0 saturated carbocycles. The van der Waals surface area contributed by atoms with E-state index in [-0.39, 0.29) is 22.5 Å². The lowest BCUT2D eigenvalue weighted by molar-refractivity contribution is 0.102. The molecule has 0 saturated heterocycles. The fourth-order valence-corrected chi connectivity index (χ4v) is 2.38. The molecule has 0 aliphatic heterocycles. The van der Waals surface area contributed by atoms with E-state index < -0.39 is 35.1 Å². The number of hydrogen-bond acceptors (Lipinski definition) is 2. The fourth-order valence-electron chi connectivity index (χ4n) is 2.38. The molecule has 4 nitrogen and oxygen atoms in total. The van der Waals surface area contributed by atoms with E-state index in [2.05, 4.69) is 10.6 Å². The predicted molar refractivity (Wildman–Crippen MR) is 95.1 cm³/mol. The van der Waals surface area contributed by atoms with Crippen molar-refractivity contribution in [3.05, 3.63) is 95.1 Å². The first-order valence-corrected chi connectivity index (χ1v) is 7.96. The highest BCUT2D eigenvalue weighted by atomic mass is 19.1. The number of halogens is 4. The monoisotopic (exact) mass is 388 g/mol. The molecule has 2 amide bonds. The maximum atomic E-state index is 13.7. The lowest BCUT2D eigenvalue weighted by Crippen LogP contribution is -2.16. The van der Waals surface area contributed by atoms with E-state index in [0.717, 1.165) is 36.4 Å². The number of nitrogens with one attached hydrogen (secondary N) is 2. The van der Waals surface area contributed by atoms with Gasteiger partial charge in [0, 0.05) is 23.3 Å². The molecule has 8 heteroatoms. The third-order valence-corrected chi connectivity index (χ3v) is 3.74. The van der Waals surface area contributed by atoms with Crippen molar-refractivity contribution in [2.24, 2.45) is 0 Å². The highest BCUT2D eigenvalue weighted by molar-refractivity contribution is 6.08. The van der Waals surface area contributed by atoms with Crippen LogP contribution in [0.4, 0.5) is 28.9 Å². The average Bonchev–Trinajstić information content (AvgIpc) is 2.67. The molecule has 0 spiro atoms. The first kappa shape index (κ1) is 19.1. The van der Waals surface area contributed by atoms with Gasteiger partial charge >= 0.3 is 0 Å². The number of anilines is 2. The molecule has 2 N–H and O–H groups in total. The summed E-state index contributed by atoms with van der Waals surface area (Å²) in [4.78, 5) is 24.5. The number of carbonyl (C=O) groups excluding carboxylic acids is 2. The van der Waals surface area contributed by atoms with Crippen LogP contribution in [0.3, 0.4) is 0 Å². The molecule has 0 heterocycles. The van der Waals surface area contributed by atoms with E-state index in [1.54, 1.807) is 0 Å². The summed E-state index contributed by atoms with van der Waals surface area (Å²) in [6.45, 7) is 0. The van der Waals surface area contributed by atoms with Crippen LogP contribution in [0.2, 0.25) is 0 Å². The summed E-state index contributed by atoms with van der Waals surface area (Å²) in [7, 11) is 0. The average molecular weight is 388 g/mol. The summed E-state index contributed by atoms with van der Waals surface area (Å²) in [5, 5.41) is 4.41. The molecule has 0 unspecified atom stereocenters. The second kappa shape index (κ2) is 7.91. The third kappa shape index (κ3) is 4.35. The molecule has 3 aromatic carbocycles. The Morgan fingerprint density at radius 3 is 1.46 bits per heavy atom. The van der Waals surface area contributed by atoms with Crippen molar-refractivity contribution in [2.45, 2.75) is 0 Å². The van der Waals surface area contributed by atoms with Crippen LogP contribution in [0.1, 0.15) is 20.7 Å². The Morgan fingerprint density at radius 2 is 1.04 bits per heavy atom. The Hall–Kier alpha value is -3.68. The Morgan fingerprint density at radius 1 is 0.607 bits per heavy atom. The molecular formula is C20H12F4N2O2. The van der Waals surface area contributed by atoms with Gasteiger partial charge in [-0.05, 0) is 42.5 Å². The van der Waals surface area contributed by atoms with Crippen molar-refractivity contribution in [3.63, 3.8) is 0 Å². The number of carbonyl (C=O) groups is 2.